The van der Waals surface area contributed by atoms with Gasteiger partial charge in [0.25, 0.3) is 0 Å². The number of halogens is 1. The number of nitrogens with one attached hydrogen (secondary N) is 1. The lowest BCUT2D eigenvalue weighted by molar-refractivity contribution is -0.121. The molecule has 10 heteroatoms. The molecule has 0 fully saturated rings. The van der Waals surface area contributed by atoms with Crippen molar-refractivity contribution in [1.29, 1.82) is 0 Å². The van der Waals surface area contributed by atoms with E-state index < -0.39 is 11.4 Å². The van der Waals surface area contributed by atoms with Crippen LogP contribution in [0.3, 0.4) is 0 Å². The lowest BCUT2D eigenvalue weighted by atomic mass is 9.97. The van der Waals surface area contributed by atoms with Crippen LogP contribution in [0.15, 0.2) is 52.8 Å². The van der Waals surface area contributed by atoms with Gasteiger partial charge in [0, 0.05) is 30.8 Å². The Morgan fingerprint density at radius 3 is 2.36 bits per heavy atom. The Morgan fingerprint density at radius 1 is 1.00 bits per heavy atom. The number of aryl methyl sites for hydroxylation is 1. The van der Waals surface area contributed by atoms with Gasteiger partial charge in [-0.05, 0) is 69.4 Å². The lowest BCUT2D eigenvalue weighted by Gasteiger charge is -2.16. The van der Waals surface area contributed by atoms with Crippen molar-refractivity contribution < 1.29 is 34.0 Å². The molecule has 0 saturated carbocycles. The monoisotopic (exact) mass is 620 g/mol. The number of unbranched alkanes of at least 4 members (excludes halogenated alkanes) is 3. The van der Waals surface area contributed by atoms with Crippen molar-refractivity contribution in [3.8, 4) is 17.2 Å². The molecule has 45 heavy (non-hydrogen) atoms. The highest BCUT2D eigenvalue weighted by Crippen LogP contribution is 2.36. The van der Waals surface area contributed by atoms with Crippen molar-refractivity contribution in [2.45, 2.75) is 65.8 Å². The molecule has 2 aromatic carbocycles. The van der Waals surface area contributed by atoms with Crippen molar-refractivity contribution in [3.05, 3.63) is 97.7 Å². The molecule has 1 aromatic heterocycles. The molecule has 0 radical (unpaired) electrons. The zero-order chi connectivity index (χ0) is 33.1. The molecule has 0 aliphatic carbocycles. The molecule has 0 aliphatic rings. The second-order valence-corrected chi connectivity index (χ2v) is 11.1. The smallest absolute Gasteiger partial charge is 0.340 e. The van der Waals surface area contributed by atoms with Crippen LogP contribution >= 0.6 is 0 Å². The molecule has 1 heterocycles. The van der Waals surface area contributed by atoms with Crippen molar-refractivity contribution in [3.63, 3.8) is 0 Å². The molecule has 3 rings (SSSR count). The predicted octanol–water partition coefficient (Wildman–Crippen LogP) is 6.27. The summed E-state index contributed by atoms with van der Waals surface area (Å²) in [5.74, 6) is -2.19. The van der Waals surface area contributed by atoms with Gasteiger partial charge in [-0.25, -0.2) is 9.18 Å². The Bertz CT molecular complexity index is 1640. The average Bonchev–Trinajstić information content (AvgIpc) is 2.98. The van der Waals surface area contributed by atoms with Crippen LogP contribution in [0.2, 0.25) is 0 Å². The minimum atomic E-state index is -1.28. The summed E-state index contributed by atoms with van der Waals surface area (Å²) in [4.78, 5) is 36.3. The highest BCUT2D eigenvalue weighted by atomic mass is 19.1. The molecule has 0 saturated heterocycles. The van der Waals surface area contributed by atoms with Gasteiger partial charge in [-0.2, -0.15) is 0 Å². The number of rotatable bonds is 15. The summed E-state index contributed by atoms with van der Waals surface area (Å²) in [7, 11) is 1.72. The summed E-state index contributed by atoms with van der Waals surface area (Å²) in [6, 6.07) is 8.68. The Morgan fingerprint density at radius 2 is 1.69 bits per heavy atom. The van der Waals surface area contributed by atoms with Crippen molar-refractivity contribution in [2.24, 2.45) is 7.05 Å². The average molecular weight is 621 g/mol. The van der Waals surface area contributed by atoms with Crippen LogP contribution in [0, 0.1) is 12.7 Å². The topological polar surface area (TPSA) is 138 Å². The first-order valence-electron chi connectivity index (χ1n) is 14.9. The zero-order valence-corrected chi connectivity index (χ0v) is 26.2. The van der Waals surface area contributed by atoms with Crippen molar-refractivity contribution >= 4 is 24.0 Å². The van der Waals surface area contributed by atoms with E-state index in [9.17, 15) is 34.1 Å². The number of benzene rings is 2. The summed E-state index contributed by atoms with van der Waals surface area (Å²) in [6.45, 7) is 5.94. The number of nitrogens with zero attached hydrogens (tertiary/aromatic N) is 1. The first-order valence-corrected chi connectivity index (χ1v) is 14.9. The van der Waals surface area contributed by atoms with Gasteiger partial charge in [-0.15, -0.1) is 0 Å². The molecule has 0 unspecified atom stereocenters. The van der Waals surface area contributed by atoms with E-state index >= 15 is 0 Å². The van der Waals surface area contributed by atoms with Crippen LogP contribution in [0.25, 0.3) is 12.2 Å². The third-order valence-corrected chi connectivity index (χ3v) is 7.44. The highest BCUT2D eigenvalue weighted by molar-refractivity contribution is 5.97. The van der Waals surface area contributed by atoms with E-state index in [1.165, 1.54) is 18.2 Å². The second-order valence-electron chi connectivity index (χ2n) is 11.1. The molecule has 3 aromatic rings. The number of phenols is 1. The number of carboxylic acid groups (broad SMARTS) is 1. The summed E-state index contributed by atoms with van der Waals surface area (Å²) in [5, 5.41) is 33.7. The number of aromatic nitrogens is 1. The van der Waals surface area contributed by atoms with Crippen LogP contribution in [0.5, 0.6) is 17.2 Å². The number of allylic oxidation sites excluding steroid dienone is 2. The third-order valence-electron chi connectivity index (χ3n) is 7.44. The van der Waals surface area contributed by atoms with Crippen molar-refractivity contribution in [2.75, 3.05) is 6.61 Å². The molecule has 0 spiro atoms. The number of ether oxygens (including phenoxy) is 1. The molecule has 9 nitrogen and oxygen atoms in total. The van der Waals surface area contributed by atoms with Gasteiger partial charge in [0.2, 0.25) is 11.3 Å². The Labute approximate surface area is 262 Å². The first kappa shape index (κ1) is 34.6. The summed E-state index contributed by atoms with van der Waals surface area (Å²) in [5.41, 5.74) is 2.61. The van der Waals surface area contributed by atoms with E-state index in [4.69, 9.17) is 4.74 Å². The molecule has 1 amide bonds. The zero-order valence-electron chi connectivity index (χ0n) is 26.2. The van der Waals surface area contributed by atoms with E-state index in [0.717, 1.165) is 18.4 Å². The SMILES string of the molecule is CC(C)=CCc1c(OCCCCCCC(=O)NCc2c(O)c(=O)cc(C)n2C)cc(/C=C/c2ccc(F)cc2)c(C(=O)O)c1O. The summed E-state index contributed by atoms with van der Waals surface area (Å²) >= 11 is 0. The Balaban J connectivity index is 1.59. The van der Waals surface area contributed by atoms with Gasteiger partial charge >= 0.3 is 5.97 Å². The fraction of sp³-hybridized carbons (Fsp3) is 0.343. The normalized spacial score (nSPS) is 11.0. The Kier molecular flexibility index (Phi) is 12.5. The second kappa shape index (κ2) is 16.3. The number of carboxylic acids is 1. The predicted molar refractivity (Wildman–Crippen MR) is 172 cm³/mol. The fourth-order valence-electron chi connectivity index (χ4n) is 4.72. The maximum Gasteiger partial charge on any atom is 0.340 e. The van der Waals surface area contributed by atoms with Crippen LogP contribution in [-0.4, -0.2) is 38.4 Å². The van der Waals surface area contributed by atoms with E-state index in [1.807, 2.05) is 19.9 Å². The van der Waals surface area contributed by atoms with Gasteiger partial charge in [0.1, 0.15) is 22.9 Å². The largest absolute Gasteiger partial charge is 0.507 e. The van der Waals surface area contributed by atoms with E-state index in [1.54, 1.807) is 48.9 Å². The number of aromatic carboxylic acids is 1. The number of pyridine rings is 1. The molecular formula is C35H41FN2O7. The minimum absolute atomic E-state index is 0.0512. The maximum absolute atomic E-state index is 13.3. The molecule has 240 valence electrons. The van der Waals surface area contributed by atoms with E-state index in [2.05, 4.69) is 5.32 Å². The minimum Gasteiger partial charge on any atom is -0.507 e. The first-order chi connectivity index (χ1) is 21.4. The standard InChI is InChI=1S/C35H41FN2O7/c1-22(2)10-17-27-30(20-25(32(33(27)41)35(43)44)14-11-24-12-15-26(36)16-13-24)45-18-8-6-5-7-9-31(40)37-21-28-34(42)29(39)19-23(3)38(28)4/h10-16,19-20,41-42H,5-9,17-18,21H2,1-4H3,(H,37,40)(H,43,44)/b14-11+. The number of hydrogen-bond donors (Lipinski definition) is 4. The van der Waals surface area contributed by atoms with Crippen LogP contribution in [0.1, 0.15) is 84.4 Å². The van der Waals surface area contributed by atoms with Gasteiger partial charge < -0.3 is 29.9 Å². The van der Waals surface area contributed by atoms with E-state index in [-0.39, 0.29) is 47.3 Å². The van der Waals surface area contributed by atoms with Gasteiger partial charge in [-0.1, -0.05) is 48.8 Å². The number of hydrogen-bond acceptors (Lipinski definition) is 6. The van der Waals surface area contributed by atoms with Gasteiger partial charge in [0.15, 0.2) is 5.75 Å². The molecular weight excluding hydrogens is 579 g/mol. The highest BCUT2D eigenvalue weighted by Gasteiger charge is 2.22. The van der Waals surface area contributed by atoms with Gasteiger partial charge in [-0.3, -0.25) is 9.59 Å². The number of amides is 1. The number of carbonyl (C=O) groups excluding carboxylic acids is 1. The summed E-state index contributed by atoms with van der Waals surface area (Å²) in [6.07, 6.45) is 8.52. The molecule has 0 atom stereocenters. The molecule has 0 aliphatic heterocycles. The number of carbonyl (C=O) groups is 2. The molecule has 0 bridgehead atoms. The molecule has 4 N–H and O–H groups in total. The van der Waals surface area contributed by atoms with E-state index in [0.29, 0.717) is 54.1 Å². The lowest BCUT2D eigenvalue weighted by Crippen LogP contribution is -2.26. The maximum atomic E-state index is 13.3. The third kappa shape index (κ3) is 9.82. The van der Waals surface area contributed by atoms with Crippen LogP contribution < -0.4 is 15.5 Å². The van der Waals surface area contributed by atoms with Crippen LogP contribution in [0.4, 0.5) is 4.39 Å². The summed E-state index contributed by atoms with van der Waals surface area (Å²) < 4.78 is 21.0. The van der Waals surface area contributed by atoms with Gasteiger partial charge in [0.05, 0.1) is 18.8 Å². The van der Waals surface area contributed by atoms with Crippen LogP contribution in [-0.2, 0) is 24.8 Å². The quantitative estimate of drug-likeness (QED) is 0.0893. The Hall–Kier alpha value is -4.86. The van der Waals surface area contributed by atoms with Crippen molar-refractivity contribution in [1.82, 2.24) is 9.88 Å². The number of aromatic hydroxyl groups is 2. The fourth-order valence-corrected chi connectivity index (χ4v) is 4.72.